The van der Waals surface area contributed by atoms with Gasteiger partial charge in [0.2, 0.25) is 5.91 Å². The summed E-state index contributed by atoms with van der Waals surface area (Å²) in [6, 6.07) is 0.435. The van der Waals surface area contributed by atoms with Crippen LogP contribution in [0.25, 0.3) is 0 Å². The van der Waals surface area contributed by atoms with Gasteiger partial charge in [-0.1, -0.05) is 25.7 Å². The number of hydrogen-bond acceptors (Lipinski definition) is 2. The normalized spacial score (nSPS) is 19.4. The fraction of sp³-hybridized carbons (Fsp3) is 0.909. The largest absolute Gasteiger partial charge is 0.352 e. The van der Waals surface area contributed by atoms with E-state index in [-0.39, 0.29) is 5.91 Å². The van der Waals surface area contributed by atoms with Gasteiger partial charge in [0.05, 0.1) is 6.54 Å². The average molecular weight is 198 g/mol. The maximum absolute atomic E-state index is 11.5. The van der Waals surface area contributed by atoms with Gasteiger partial charge in [-0.05, 0) is 26.9 Å². The van der Waals surface area contributed by atoms with Crippen LogP contribution in [0.4, 0.5) is 0 Å². The van der Waals surface area contributed by atoms with Crippen molar-refractivity contribution in [1.82, 2.24) is 10.2 Å². The van der Waals surface area contributed by atoms with Crippen LogP contribution in [-0.4, -0.2) is 37.5 Å². The summed E-state index contributed by atoms with van der Waals surface area (Å²) in [5.74, 6) is 0.168. The van der Waals surface area contributed by atoms with Crippen molar-refractivity contribution in [3.05, 3.63) is 0 Å². The quantitative estimate of drug-likeness (QED) is 0.695. The van der Waals surface area contributed by atoms with Gasteiger partial charge >= 0.3 is 0 Å². The first-order valence-electron chi connectivity index (χ1n) is 5.62. The summed E-state index contributed by atoms with van der Waals surface area (Å²) in [6.07, 6.45) is 7.54. The van der Waals surface area contributed by atoms with E-state index in [1.165, 1.54) is 38.5 Å². The summed E-state index contributed by atoms with van der Waals surface area (Å²) in [6.45, 7) is 0.510. The van der Waals surface area contributed by atoms with Crippen LogP contribution < -0.4 is 5.32 Å². The number of likely N-dealkylation sites (N-methyl/N-ethyl adjacent to an activating group) is 1. The van der Waals surface area contributed by atoms with Crippen molar-refractivity contribution in [2.75, 3.05) is 20.6 Å². The van der Waals surface area contributed by atoms with Crippen LogP contribution in [0.2, 0.25) is 0 Å². The highest BCUT2D eigenvalue weighted by molar-refractivity contribution is 5.78. The monoisotopic (exact) mass is 198 g/mol. The molecule has 3 nitrogen and oxygen atoms in total. The molecule has 0 atom stereocenters. The van der Waals surface area contributed by atoms with Gasteiger partial charge in [-0.2, -0.15) is 0 Å². The minimum Gasteiger partial charge on any atom is -0.352 e. The van der Waals surface area contributed by atoms with Crippen molar-refractivity contribution >= 4 is 5.91 Å². The SMILES string of the molecule is CN(C)CC(=O)NC1CCCCCC1. The lowest BCUT2D eigenvalue weighted by Gasteiger charge is -2.17. The molecule has 1 aliphatic carbocycles. The zero-order valence-electron chi connectivity index (χ0n) is 9.38. The Labute approximate surface area is 86.9 Å². The Hall–Kier alpha value is -0.570. The molecule has 0 aromatic heterocycles. The molecule has 0 spiro atoms. The Morgan fingerprint density at radius 2 is 1.79 bits per heavy atom. The highest BCUT2D eigenvalue weighted by Gasteiger charge is 2.14. The molecule has 1 fully saturated rings. The molecular formula is C11H22N2O. The zero-order valence-corrected chi connectivity index (χ0v) is 9.38. The number of carbonyl (C=O) groups excluding carboxylic acids is 1. The van der Waals surface area contributed by atoms with E-state index in [1.807, 2.05) is 19.0 Å². The fourth-order valence-electron chi connectivity index (χ4n) is 1.98. The molecule has 0 heterocycles. The maximum atomic E-state index is 11.5. The molecule has 14 heavy (non-hydrogen) atoms. The third kappa shape index (κ3) is 4.61. The van der Waals surface area contributed by atoms with E-state index < -0.39 is 0 Å². The second kappa shape index (κ2) is 6.02. The molecule has 0 aromatic carbocycles. The molecule has 0 saturated heterocycles. The molecule has 1 amide bonds. The third-order valence-corrected chi connectivity index (χ3v) is 2.68. The van der Waals surface area contributed by atoms with Crippen LogP contribution in [0.15, 0.2) is 0 Å². The number of nitrogens with zero attached hydrogens (tertiary/aromatic N) is 1. The van der Waals surface area contributed by atoms with Gasteiger partial charge in [-0.15, -0.1) is 0 Å². The molecule has 0 aliphatic heterocycles. The van der Waals surface area contributed by atoms with Crippen LogP contribution in [0.5, 0.6) is 0 Å². The van der Waals surface area contributed by atoms with Gasteiger partial charge in [0.25, 0.3) is 0 Å². The van der Waals surface area contributed by atoms with E-state index in [9.17, 15) is 4.79 Å². The second-order valence-electron chi connectivity index (χ2n) is 4.49. The van der Waals surface area contributed by atoms with Crippen LogP contribution >= 0.6 is 0 Å². The van der Waals surface area contributed by atoms with E-state index in [0.717, 1.165) is 0 Å². The highest BCUT2D eigenvalue weighted by Crippen LogP contribution is 2.16. The first-order chi connectivity index (χ1) is 6.68. The Morgan fingerprint density at radius 3 is 2.29 bits per heavy atom. The van der Waals surface area contributed by atoms with E-state index in [1.54, 1.807) is 0 Å². The Morgan fingerprint density at radius 1 is 1.21 bits per heavy atom. The predicted octanol–water partition coefficient (Wildman–Crippen LogP) is 1.39. The number of carbonyl (C=O) groups is 1. The molecule has 1 rings (SSSR count). The lowest BCUT2D eigenvalue weighted by Crippen LogP contribution is -2.39. The molecule has 1 aliphatic rings. The minimum absolute atomic E-state index is 0.168. The van der Waals surface area contributed by atoms with Crippen molar-refractivity contribution in [2.45, 2.75) is 44.6 Å². The number of nitrogens with one attached hydrogen (secondary N) is 1. The van der Waals surface area contributed by atoms with Gasteiger partial charge in [-0.3, -0.25) is 4.79 Å². The van der Waals surface area contributed by atoms with E-state index in [2.05, 4.69) is 5.32 Å². The van der Waals surface area contributed by atoms with Gasteiger partial charge < -0.3 is 10.2 Å². The number of amides is 1. The molecule has 1 N–H and O–H groups in total. The molecule has 82 valence electrons. The first-order valence-corrected chi connectivity index (χ1v) is 5.62. The molecule has 1 saturated carbocycles. The Balaban J connectivity index is 2.23. The maximum Gasteiger partial charge on any atom is 0.234 e. The lowest BCUT2D eigenvalue weighted by molar-refractivity contribution is -0.122. The van der Waals surface area contributed by atoms with Crippen molar-refractivity contribution in [3.8, 4) is 0 Å². The summed E-state index contributed by atoms with van der Waals surface area (Å²) in [4.78, 5) is 13.4. The van der Waals surface area contributed by atoms with E-state index in [4.69, 9.17) is 0 Å². The first kappa shape index (κ1) is 11.5. The molecular weight excluding hydrogens is 176 g/mol. The zero-order chi connectivity index (χ0) is 10.4. The van der Waals surface area contributed by atoms with Crippen LogP contribution in [0.1, 0.15) is 38.5 Å². The van der Waals surface area contributed by atoms with Crippen molar-refractivity contribution in [3.63, 3.8) is 0 Å². The second-order valence-corrected chi connectivity index (χ2v) is 4.49. The number of hydrogen-bond donors (Lipinski definition) is 1. The van der Waals surface area contributed by atoms with E-state index in [0.29, 0.717) is 12.6 Å². The molecule has 0 unspecified atom stereocenters. The van der Waals surface area contributed by atoms with Gasteiger partial charge in [0.15, 0.2) is 0 Å². The third-order valence-electron chi connectivity index (χ3n) is 2.68. The number of rotatable bonds is 3. The molecule has 0 aromatic rings. The Kier molecular flexibility index (Phi) is 4.94. The lowest BCUT2D eigenvalue weighted by atomic mass is 10.1. The predicted molar refractivity (Wildman–Crippen MR) is 58.2 cm³/mol. The van der Waals surface area contributed by atoms with Crippen LogP contribution in [0.3, 0.4) is 0 Å². The van der Waals surface area contributed by atoms with Gasteiger partial charge in [-0.25, -0.2) is 0 Å². The minimum atomic E-state index is 0.168. The fourth-order valence-corrected chi connectivity index (χ4v) is 1.98. The summed E-state index contributed by atoms with van der Waals surface area (Å²) >= 11 is 0. The summed E-state index contributed by atoms with van der Waals surface area (Å²) in [7, 11) is 3.85. The van der Waals surface area contributed by atoms with Crippen LogP contribution in [0, 0.1) is 0 Å². The smallest absolute Gasteiger partial charge is 0.234 e. The van der Waals surface area contributed by atoms with Crippen molar-refractivity contribution < 1.29 is 4.79 Å². The highest BCUT2D eigenvalue weighted by atomic mass is 16.2. The topological polar surface area (TPSA) is 32.3 Å². The molecule has 0 radical (unpaired) electrons. The van der Waals surface area contributed by atoms with Gasteiger partial charge in [0.1, 0.15) is 0 Å². The van der Waals surface area contributed by atoms with Crippen LogP contribution in [-0.2, 0) is 4.79 Å². The van der Waals surface area contributed by atoms with Gasteiger partial charge in [0, 0.05) is 6.04 Å². The summed E-state index contributed by atoms with van der Waals surface area (Å²) in [5, 5.41) is 3.11. The average Bonchev–Trinajstić information content (AvgIpc) is 2.31. The summed E-state index contributed by atoms with van der Waals surface area (Å²) < 4.78 is 0. The molecule has 3 heteroatoms. The summed E-state index contributed by atoms with van der Waals surface area (Å²) in [5.41, 5.74) is 0. The van der Waals surface area contributed by atoms with Crippen molar-refractivity contribution in [2.24, 2.45) is 0 Å². The van der Waals surface area contributed by atoms with E-state index >= 15 is 0 Å². The van der Waals surface area contributed by atoms with Crippen molar-refractivity contribution in [1.29, 1.82) is 0 Å². The molecule has 0 bridgehead atoms. The standard InChI is InChI=1S/C11H22N2O/c1-13(2)9-11(14)12-10-7-5-3-4-6-8-10/h10H,3-9H2,1-2H3,(H,12,14). The Bertz CT molecular complexity index is 172.